The van der Waals surface area contributed by atoms with Crippen molar-refractivity contribution in [2.24, 2.45) is 5.16 Å². The molecule has 2 aromatic rings. The van der Waals surface area contributed by atoms with Gasteiger partial charge < -0.3 is 10.2 Å². The summed E-state index contributed by atoms with van der Waals surface area (Å²) >= 11 is 17.3. The summed E-state index contributed by atoms with van der Waals surface area (Å²) in [5.74, 6) is -0.925. The topological polar surface area (TPSA) is 50.7 Å². The SMILES string of the molecule is Cc1cc(C2=NOC(c3cc(Cl)cc(Cl)c3)(C(F)(F)Cl)C2)ccc1C(=O)NCC(F)(F)F. The van der Waals surface area contributed by atoms with Crippen LogP contribution in [0.15, 0.2) is 41.6 Å². The van der Waals surface area contributed by atoms with Crippen LogP contribution in [0.1, 0.15) is 33.5 Å². The van der Waals surface area contributed by atoms with Gasteiger partial charge in [-0.3, -0.25) is 4.79 Å². The number of alkyl halides is 6. The van der Waals surface area contributed by atoms with E-state index in [1.807, 2.05) is 0 Å². The van der Waals surface area contributed by atoms with Gasteiger partial charge in [0.1, 0.15) is 6.54 Å². The lowest BCUT2D eigenvalue weighted by atomic mass is 9.86. The fraction of sp³-hybridized carbons (Fsp3) is 0.300. The minimum Gasteiger partial charge on any atom is -0.376 e. The zero-order valence-electron chi connectivity index (χ0n) is 16.2. The molecule has 3 rings (SSSR count). The van der Waals surface area contributed by atoms with Crippen LogP contribution in [0.2, 0.25) is 10.0 Å². The van der Waals surface area contributed by atoms with Crippen LogP contribution in [0, 0.1) is 6.92 Å². The first-order chi connectivity index (χ1) is 14.7. The van der Waals surface area contributed by atoms with Crippen molar-refractivity contribution in [3.63, 3.8) is 0 Å². The molecule has 0 radical (unpaired) electrons. The molecular weight excluding hydrogens is 502 g/mol. The van der Waals surface area contributed by atoms with Crippen molar-refractivity contribution in [3.8, 4) is 0 Å². The second-order valence-corrected chi connectivity index (χ2v) is 8.46. The second kappa shape index (κ2) is 8.68. The van der Waals surface area contributed by atoms with E-state index in [0.717, 1.165) is 0 Å². The van der Waals surface area contributed by atoms with Crippen LogP contribution >= 0.6 is 34.8 Å². The summed E-state index contributed by atoms with van der Waals surface area (Å²) in [6.45, 7) is 0.00557. The van der Waals surface area contributed by atoms with E-state index in [-0.39, 0.29) is 26.9 Å². The molecule has 1 amide bonds. The molecule has 0 fully saturated rings. The average Bonchev–Trinajstić information content (AvgIpc) is 3.11. The molecule has 1 N–H and O–H groups in total. The van der Waals surface area contributed by atoms with E-state index < -0.39 is 36.0 Å². The minimum absolute atomic E-state index is 0.00641. The van der Waals surface area contributed by atoms with Crippen LogP contribution in [-0.2, 0) is 10.4 Å². The predicted octanol–water partition coefficient (Wildman–Crippen LogP) is 6.45. The summed E-state index contributed by atoms with van der Waals surface area (Å²) < 4.78 is 66.0. The fourth-order valence-corrected chi connectivity index (χ4v) is 3.96. The lowest BCUT2D eigenvalue weighted by Gasteiger charge is -2.31. The van der Waals surface area contributed by atoms with E-state index in [1.165, 1.54) is 43.3 Å². The van der Waals surface area contributed by atoms with Gasteiger partial charge in [0.25, 0.3) is 5.91 Å². The van der Waals surface area contributed by atoms with Crippen LogP contribution in [0.5, 0.6) is 0 Å². The van der Waals surface area contributed by atoms with Crippen molar-refractivity contribution >= 4 is 46.4 Å². The summed E-state index contributed by atoms with van der Waals surface area (Å²) in [5.41, 5.74) is -1.76. The molecule has 0 saturated heterocycles. The Kier molecular flexibility index (Phi) is 6.66. The molecule has 0 aliphatic carbocycles. The number of amides is 1. The molecule has 4 nitrogen and oxygen atoms in total. The lowest BCUT2D eigenvalue weighted by molar-refractivity contribution is -0.155. The highest BCUT2D eigenvalue weighted by Gasteiger charge is 2.60. The van der Waals surface area contributed by atoms with Crippen molar-refractivity contribution in [2.45, 2.75) is 30.5 Å². The van der Waals surface area contributed by atoms with Crippen LogP contribution in [0.3, 0.4) is 0 Å². The predicted molar refractivity (Wildman–Crippen MR) is 111 cm³/mol. The number of hydrogen-bond acceptors (Lipinski definition) is 3. The quantitative estimate of drug-likeness (QED) is 0.368. The lowest BCUT2D eigenvalue weighted by Crippen LogP contribution is -2.42. The molecule has 0 aromatic heterocycles. The average molecular weight is 516 g/mol. The maximum absolute atomic E-state index is 14.5. The maximum Gasteiger partial charge on any atom is 0.405 e. The third-order valence-electron chi connectivity index (χ3n) is 4.77. The minimum atomic E-state index is -4.56. The van der Waals surface area contributed by atoms with Gasteiger partial charge in [-0.15, -0.1) is 0 Å². The Morgan fingerprint density at radius 1 is 1.12 bits per heavy atom. The summed E-state index contributed by atoms with van der Waals surface area (Å²) in [5, 5.41) is 1.82. The fourth-order valence-electron chi connectivity index (χ4n) is 3.22. The number of halogens is 8. The van der Waals surface area contributed by atoms with Crippen LogP contribution in [-0.4, -0.2) is 29.7 Å². The van der Waals surface area contributed by atoms with Crippen LogP contribution in [0.25, 0.3) is 0 Å². The van der Waals surface area contributed by atoms with Gasteiger partial charge in [0.15, 0.2) is 0 Å². The number of aryl methyl sites for hydroxylation is 1. The molecule has 0 bridgehead atoms. The standard InChI is InChI=1S/C20H14Cl3F5N2O2/c1-10-4-11(2-3-15(10)17(31)29-9-19(24,25)26)16-8-18(32-30-16,20(23,27)28)12-5-13(21)7-14(22)6-12/h2-7H,8-9H2,1H3,(H,29,31). The van der Waals surface area contributed by atoms with Gasteiger partial charge in [0.05, 0.1) is 5.71 Å². The number of rotatable bonds is 5. The van der Waals surface area contributed by atoms with Gasteiger partial charge in [-0.1, -0.05) is 34.4 Å². The summed E-state index contributed by atoms with van der Waals surface area (Å²) in [4.78, 5) is 17.2. The van der Waals surface area contributed by atoms with E-state index >= 15 is 0 Å². The summed E-state index contributed by atoms with van der Waals surface area (Å²) in [6, 6.07) is 7.90. The highest BCUT2D eigenvalue weighted by molar-refractivity contribution is 6.34. The summed E-state index contributed by atoms with van der Waals surface area (Å²) in [6.07, 6.45) is -5.02. The van der Waals surface area contributed by atoms with E-state index in [0.29, 0.717) is 11.1 Å². The molecule has 1 atom stereocenters. The third kappa shape index (κ3) is 5.10. The zero-order chi connectivity index (χ0) is 23.9. The van der Waals surface area contributed by atoms with Crippen LogP contribution < -0.4 is 5.32 Å². The first-order valence-electron chi connectivity index (χ1n) is 8.96. The van der Waals surface area contributed by atoms with Crippen molar-refractivity contribution in [3.05, 3.63) is 68.7 Å². The Bertz CT molecular complexity index is 1070. The number of nitrogens with one attached hydrogen (secondary N) is 1. The van der Waals surface area contributed by atoms with Gasteiger partial charge in [-0.05, 0) is 60.0 Å². The van der Waals surface area contributed by atoms with Gasteiger partial charge in [-0.25, -0.2) is 0 Å². The Hall–Kier alpha value is -2.10. The highest BCUT2D eigenvalue weighted by atomic mass is 35.5. The van der Waals surface area contributed by atoms with Crippen molar-refractivity contribution in [1.29, 1.82) is 0 Å². The molecule has 1 unspecified atom stereocenters. The Morgan fingerprint density at radius 2 is 1.75 bits per heavy atom. The van der Waals surface area contributed by atoms with E-state index in [2.05, 4.69) is 5.16 Å². The van der Waals surface area contributed by atoms with Crippen LogP contribution in [0.4, 0.5) is 22.0 Å². The first-order valence-corrected chi connectivity index (χ1v) is 10.1. The van der Waals surface area contributed by atoms with Crippen molar-refractivity contribution in [1.82, 2.24) is 5.32 Å². The molecule has 2 aromatic carbocycles. The van der Waals surface area contributed by atoms with Gasteiger partial charge in [-0.2, -0.15) is 22.0 Å². The molecule has 1 aliphatic rings. The Morgan fingerprint density at radius 3 is 2.28 bits per heavy atom. The molecule has 0 saturated carbocycles. The third-order valence-corrected chi connectivity index (χ3v) is 5.51. The second-order valence-electron chi connectivity index (χ2n) is 7.12. The number of benzene rings is 2. The molecular formula is C20H14Cl3F5N2O2. The first kappa shape index (κ1) is 24.5. The molecule has 1 aliphatic heterocycles. The van der Waals surface area contributed by atoms with E-state index in [9.17, 15) is 26.7 Å². The maximum atomic E-state index is 14.5. The van der Waals surface area contributed by atoms with Crippen molar-refractivity contribution < 1.29 is 31.6 Å². The van der Waals surface area contributed by atoms with E-state index in [1.54, 1.807) is 5.32 Å². The largest absolute Gasteiger partial charge is 0.405 e. The van der Waals surface area contributed by atoms with Gasteiger partial charge in [0, 0.05) is 27.6 Å². The number of carbonyl (C=O) groups excluding carboxylic acids is 1. The highest BCUT2D eigenvalue weighted by Crippen LogP contribution is 2.51. The molecule has 1 heterocycles. The molecule has 0 spiro atoms. The Balaban J connectivity index is 1.88. The number of hydrogen-bond donors (Lipinski definition) is 1. The van der Waals surface area contributed by atoms with Gasteiger partial charge in [0.2, 0.25) is 5.60 Å². The number of carbonyl (C=O) groups is 1. The molecule has 12 heteroatoms. The molecule has 172 valence electrons. The summed E-state index contributed by atoms with van der Waals surface area (Å²) in [7, 11) is 0. The smallest absolute Gasteiger partial charge is 0.376 e. The van der Waals surface area contributed by atoms with Crippen molar-refractivity contribution in [2.75, 3.05) is 6.54 Å². The Labute approximate surface area is 194 Å². The normalized spacial score (nSPS) is 18.8. The van der Waals surface area contributed by atoms with Gasteiger partial charge >= 0.3 is 11.6 Å². The van der Waals surface area contributed by atoms with E-state index in [4.69, 9.17) is 39.6 Å². The number of nitrogens with zero attached hydrogens (tertiary/aromatic N) is 1. The monoisotopic (exact) mass is 514 g/mol. The number of oxime groups is 1. The molecule has 32 heavy (non-hydrogen) atoms. The zero-order valence-corrected chi connectivity index (χ0v) is 18.4.